The maximum absolute atomic E-state index is 11.5. The van der Waals surface area contributed by atoms with Gasteiger partial charge in [-0.2, -0.15) is 26.3 Å². The Balaban J connectivity index is 0.000000502. The third-order valence-corrected chi connectivity index (χ3v) is 5.56. The van der Waals surface area contributed by atoms with Gasteiger partial charge in [0, 0.05) is 31.9 Å². The molecule has 0 aliphatic rings. The molecule has 1 heterocycles. The lowest BCUT2D eigenvalue weighted by Crippen LogP contribution is -2.45. The Bertz CT molecular complexity index is 745. The molecule has 26 heavy (non-hydrogen) atoms. The highest BCUT2D eigenvalue weighted by Gasteiger charge is 2.55. The van der Waals surface area contributed by atoms with Crippen LogP contribution in [0.2, 0.25) is 0 Å². The van der Waals surface area contributed by atoms with Crippen LogP contribution in [-0.2, 0) is 26.6 Å². The van der Waals surface area contributed by atoms with Gasteiger partial charge in [-0.15, -0.1) is 0 Å². The third-order valence-electron chi connectivity index (χ3n) is 2.58. The average Bonchev–Trinajstić information content (AvgIpc) is 2.44. The molecule has 0 amide bonds. The molecule has 1 aromatic heterocycles. The molecule has 1 aromatic rings. The topological polar surface area (TPSA) is 87.4 Å². The number of aryl methyl sites for hydroxylation is 1. The zero-order valence-corrected chi connectivity index (χ0v) is 15.3. The normalized spacial score (nSPS) is 13.0. The monoisotopic (exact) mass is 432 g/mol. The number of alkyl halides is 6. The van der Waals surface area contributed by atoms with Gasteiger partial charge in [-0.25, -0.2) is 21.4 Å². The largest absolute Gasteiger partial charge is 0.512 e. The number of aromatic nitrogens is 1. The summed E-state index contributed by atoms with van der Waals surface area (Å²) in [6.45, 7) is 3.17. The fourth-order valence-corrected chi connectivity index (χ4v) is 3.11. The van der Waals surface area contributed by atoms with Crippen molar-refractivity contribution >= 4 is 25.7 Å². The first-order chi connectivity index (χ1) is 11.4. The summed E-state index contributed by atoms with van der Waals surface area (Å²) in [6, 6.07) is 4.23. The predicted octanol–water partition coefficient (Wildman–Crippen LogP) is 1.34. The van der Waals surface area contributed by atoms with Crippen molar-refractivity contribution in [2.75, 3.05) is 19.0 Å². The van der Waals surface area contributed by atoms with Crippen molar-refractivity contribution < 1.29 is 47.7 Å². The smallest absolute Gasteiger partial charge is 0.377 e. The van der Waals surface area contributed by atoms with Crippen LogP contribution in [0.3, 0.4) is 0 Å². The van der Waals surface area contributed by atoms with Gasteiger partial charge >= 0.3 is 31.1 Å². The number of halogens is 6. The molecule has 0 aliphatic heterocycles. The second-order valence-corrected chi connectivity index (χ2v) is 8.37. The van der Waals surface area contributed by atoms with Gasteiger partial charge in [-0.3, -0.25) is 0 Å². The second kappa shape index (κ2) is 8.39. The van der Waals surface area contributed by atoms with E-state index in [9.17, 15) is 43.2 Å². The van der Waals surface area contributed by atoms with Gasteiger partial charge in [-0.05, 0) is 6.92 Å². The maximum atomic E-state index is 11.5. The van der Waals surface area contributed by atoms with E-state index in [1.165, 1.54) is 5.69 Å². The van der Waals surface area contributed by atoms with Crippen molar-refractivity contribution in [2.45, 2.75) is 24.5 Å². The number of nitrogens with one attached hydrogen (secondary N) is 1. The Kier molecular flexibility index (Phi) is 7.87. The minimum absolute atomic E-state index is 0.493. The SMILES string of the molecule is CC[n+]1ccc(N(C)C)cc1.O=S(=O)(NS(=O)(=O)C(F)(F)F)C(F)(F)F. The molecular formula is C11H16F6N3O4S2+. The zero-order chi connectivity index (χ0) is 21.0. The second-order valence-electron chi connectivity index (χ2n) is 4.76. The van der Waals surface area contributed by atoms with Gasteiger partial charge in [0.1, 0.15) is 6.54 Å². The molecule has 1 rings (SSSR count). The van der Waals surface area contributed by atoms with E-state index in [1.54, 1.807) is 0 Å². The van der Waals surface area contributed by atoms with E-state index in [0.717, 1.165) is 6.54 Å². The summed E-state index contributed by atoms with van der Waals surface area (Å²) in [4.78, 5) is 2.10. The molecule has 0 unspecified atom stereocenters. The third kappa shape index (κ3) is 6.95. The lowest BCUT2D eigenvalue weighted by atomic mass is 10.4. The lowest BCUT2D eigenvalue weighted by molar-refractivity contribution is -0.693. The predicted molar refractivity (Wildman–Crippen MR) is 79.7 cm³/mol. The van der Waals surface area contributed by atoms with Crippen LogP contribution in [0.1, 0.15) is 6.92 Å². The Morgan fingerprint density at radius 3 is 1.50 bits per heavy atom. The highest BCUT2D eigenvalue weighted by Crippen LogP contribution is 2.27. The number of hydrogen-bond donors (Lipinski definition) is 1. The van der Waals surface area contributed by atoms with E-state index < -0.39 is 35.2 Å². The lowest BCUT2D eigenvalue weighted by Gasteiger charge is -2.11. The van der Waals surface area contributed by atoms with Crippen LogP contribution in [0.5, 0.6) is 0 Å². The number of nitrogens with zero attached hydrogens (tertiary/aromatic N) is 2. The number of rotatable bonds is 4. The maximum Gasteiger partial charge on any atom is 0.512 e. The quantitative estimate of drug-likeness (QED) is 0.573. The van der Waals surface area contributed by atoms with Gasteiger partial charge < -0.3 is 4.90 Å². The van der Waals surface area contributed by atoms with Gasteiger partial charge in [0.15, 0.2) is 12.4 Å². The Morgan fingerprint density at radius 1 is 0.923 bits per heavy atom. The molecule has 0 saturated heterocycles. The molecular weight excluding hydrogens is 416 g/mol. The average molecular weight is 432 g/mol. The highest BCUT2D eigenvalue weighted by atomic mass is 32.3. The molecule has 0 atom stereocenters. The number of anilines is 1. The summed E-state index contributed by atoms with van der Waals surface area (Å²) in [5, 5.41) is 0. The van der Waals surface area contributed by atoms with E-state index >= 15 is 0 Å². The van der Waals surface area contributed by atoms with Gasteiger partial charge in [0.25, 0.3) is 0 Å². The van der Waals surface area contributed by atoms with E-state index in [2.05, 4.69) is 40.9 Å². The van der Waals surface area contributed by atoms with E-state index in [-0.39, 0.29) is 0 Å². The first-order valence-corrected chi connectivity index (χ1v) is 9.49. The Hall–Kier alpha value is -1.61. The molecule has 15 heteroatoms. The molecule has 0 aliphatic carbocycles. The van der Waals surface area contributed by atoms with Crippen LogP contribution in [0.25, 0.3) is 0 Å². The fraction of sp³-hybridized carbons (Fsp3) is 0.545. The molecule has 0 radical (unpaired) electrons. The molecule has 0 bridgehead atoms. The molecule has 0 spiro atoms. The standard InChI is InChI=1S/C9H15N2.C2HF6NO4S2/c1-4-11-7-5-9(6-8-11)10(2)3;3-1(4,5)14(10,11)9-15(12,13)2(6,7)8/h5-8H,4H2,1-3H3;9H/q+1;. The number of sulfonamides is 2. The number of pyridine rings is 1. The molecule has 0 aromatic carbocycles. The van der Waals surface area contributed by atoms with Crippen LogP contribution in [0.15, 0.2) is 24.5 Å². The number of hydrogen-bond acceptors (Lipinski definition) is 5. The molecule has 0 saturated carbocycles. The van der Waals surface area contributed by atoms with Gasteiger partial charge in [0.2, 0.25) is 0 Å². The summed E-state index contributed by atoms with van der Waals surface area (Å²) >= 11 is 0. The summed E-state index contributed by atoms with van der Waals surface area (Å²) in [6.07, 6.45) is 4.19. The first-order valence-electron chi connectivity index (χ1n) is 6.52. The van der Waals surface area contributed by atoms with Crippen LogP contribution in [-0.4, -0.2) is 41.9 Å². The van der Waals surface area contributed by atoms with Crippen LogP contribution < -0.4 is 13.6 Å². The van der Waals surface area contributed by atoms with Crippen LogP contribution >= 0.6 is 0 Å². The summed E-state index contributed by atoms with van der Waals surface area (Å²) in [7, 11) is -9.10. The van der Waals surface area contributed by atoms with Crippen molar-refractivity contribution in [2.24, 2.45) is 0 Å². The fourth-order valence-electron chi connectivity index (χ4n) is 1.20. The zero-order valence-electron chi connectivity index (χ0n) is 13.6. The van der Waals surface area contributed by atoms with Crippen molar-refractivity contribution in [3.8, 4) is 0 Å². The van der Waals surface area contributed by atoms with Gasteiger partial charge in [0.05, 0.1) is 0 Å². The first kappa shape index (κ1) is 24.4. The van der Waals surface area contributed by atoms with E-state index in [1.807, 2.05) is 14.1 Å². The minimum Gasteiger partial charge on any atom is -0.377 e. The van der Waals surface area contributed by atoms with Crippen molar-refractivity contribution in [3.63, 3.8) is 0 Å². The highest BCUT2D eigenvalue weighted by molar-refractivity contribution is 8.05. The molecule has 7 nitrogen and oxygen atoms in total. The minimum atomic E-state index is -6.60. The molecule has 1 N–H and O–H groups in total. The van der Waals surface area contributed by atoms with E-state index in [4.69, 9.17) is 0 Å². The van der Waals surface area contributed by atoms with Crippen molar-refractivity contribution in [1.29, 1.82) is 0 Å². The molecule has 0 fully saturated rings. The summed E-state index contributed by atoms with van der Waals surface area (Å²) in [5.74, 6) is 0. The summed E-state index contributed by atoms with van der Waals surface area (Å²) < 4.78 is 110. The van der Waals surface area contributed by atoms with Gasteiger partial charge in [-0.1, -0.05) is 4.13 Å². The van der Waals surface area contributed by atoms with E-state index in [0.29, 0.717) is 0 Å². The summed E-state index contributed by atoms with van der Waals surface area (Å²) in [5.41, 5.74) is -11.0. The Morgan fingerprint density at radius 2 is 1.27 bits per heavy atom. The van der Waals surface area contributed by atoms with Crippen LogP contribution in [0, 0.1) is 0 Å². The Labute approximate surface area is 146 Å². The van der Waals surface area contributed by atoms with Crippen molar-refractivity contribution in [3.05, 3.63) is 24.5 Å². The van der Waals surface area contributed by atoms with Crippen molar-refractivity contribution in [1.82, 2.24) is 4.13 Å². The molecule has 152 valence electrons. The van der Waals surface area contributed by atoms with Crippen LogP contribution in [0.4, 0.5) is 32.0 Å².